The molecule has 0 spiro atoms. The molecule has 1 aliphatic heterocycles. The Morgan fingerprint density at radius 2 is 1.85 bits per heavy atom. The van der Waals surface area contributed by atoms with Crippen molar-refractivity contribution in [3.05, 3.63) is 60.7 Å². The Morgan fingerprint density at radius 1 is 1.04 bits per heavy atom. The molecule has 1 fully saturated rings. The van der Waals surface area contributed by atoms with E-state index in [0.29, 0.717) is 11.4 Å². The molecule has 5 nitrogen and oxygen atoms in total. The van der Waals surface area contributed by atoms with Crippen molar-refractivity contribution in [1.82, 2.24) is 15.0 Å². The fourth-order valence-corrected chi connectivity index (χ4v) is 3.15. The Morgan fingerprint density at radius 3 is 2.58 bits per heavy atom. The van der Waals surface area contributed by atoms with Crippen LogP contribution in [0, 0.1) is 5.82 Å². The third-order valence-corrected chi connectivity index (χ3v) is 4.65. The van der Waals surface area contributed by atoms with Gasteiger partial charge in [-0.25, -0.2) is 14.4 Å². The molecule has 132 valence electrons. The summed E-state index contributed by atoms with van der Waals surface area (Å²) in [4.78, 5) is 15.6. The molecule has 2 aromatic heterocycles. The summed E-state index contributed by atoms with van der Waals surface area (Å²) in [6.45, 7) is 1.67. The smallest absolute Gasteiger partial charge is 0.165 e. The van der Waals surface area contributed by atoms with Crippen molar-refractivity contribution in [2.45, 2.75) is 18.9 Å². The van der Waals surface area contributed by atoms with Crippen LogP contribution >= 0.6 is 0 Å². The molecule has 0 radical (unpaired) electrons. The first-order chi connectivity index (χ1) is 12.7. The van der Waals surface area contributed by atoms with E-state index in [2.05, 4.69) is 19.9 Å². The zero-order valence-electron chi connectivity index (χ0n) is 14.3. The summed E-state index contributed by atoms with van der Waals surface area (Å²) < 4.78 is 14.3. The van der Waals surface area contributed by atoms with Gasteiger partial charge in [0.15, 0.2) is 5.82 Å². The lowest BCUT2D eigenvalue weighted by molar-refractivity contribution is 0.498. The fourth-order valence-electron chi connectivity index (χ4n) is 3.15. The molecule has 3 aromatic rings. The Bertz CT molecular complexity index is 892. The van der Waals surface area contributed by atoms with Gasteiger partial charge in [0.2, 0.25) is 0 Å². The highest BCUT2D eigenvalue weighted by Gasteiger charge is 2.20. The molecule has 0 saturated carbocycles. The van der Waals surface area contributed by atoms with Gasteiger partial charge < -0.3 is 10.6 Å². The summed E-state index contributed by atoms with van der Waals surface area (Å²) in [5, 5.41) is 0. The second-order valence-electron chi connectivity index (χ2n) is 6.48. The van der Waals surface area contributed by atoms with Gasteiger partial charge in [-0.1, -0.05) is 12.1 Å². The topological polar surface area (TPSA) is 67.9 Å². The van der Waals surface area contributed by atoms with Crippen molar-refractivity contribution in [2.24, 2.45) is 5.73 Å². The van der Waals surface area contributed by atoms with Gasteiger partial charge in [0, 0.05) is 43.2 Å². The van der Waals surface area contributed by atoms with Crippen LogP contribution in [0.15, 0.2) is 54.9 Å². The van der Waals surface area contributed by atoms with Gasteiger partial charge in [0.1, 0.15) is 11.6 Å². The predicted octanol–water partition coefficient (Wildman–Crippen LogP) is 3.27. The van der Waals surface area contributed by atoms with Crippen LogP contribution in [0.25, 0.3) is 22.6 Å². The summed E-state index contributed by atoms with van der Waals surface area (Å²) in [5.74, 6) is 0.848. The van der Waals surface area contributed by atoms with E-state index in [1.54, 1.807) is 30.6 Å². The molecule has 1 aliphatic rings. The minimum atomic E-state index is -0.331. The van der Waals surface area contributed by atoms with Crippen LogP contribution in [0.4, 0.5) is 10.2 Å². The third-order valence-electron chi connectivity index (χ3n) is 4.65. The second-order valence-corrected chi connectivity index (χ2v) is 6.48. The number of halogens is 1. The van der Waals surface area contributed by atoms with Crippen molar-refractivity contribution in [3.8, 4) is 22.6 Å². The van der Waals surface area contributed by atoms with Gasteiger partial charge in [0.25, 0.3) is 0 Å². The first-order valence-corrected chi connectivity index (χ1v) is 8.75. The van der Waals surface area contributed by atoms with E-state index in [4.69, 9.17) is 5.73 Å². The minimum absolute atomic E-state index is 0.233. The van der Waals surface area contributed by atoms with E-state index in [1.165, 1.54) is 6.07 Å². The average Bonchev–Trinajstić information content (AvgIpc) is 2.69. The van der Waals surface area contributed by atoms with Gasteiger partial charge in [-0.2, -0.15) is 0 Å². The Balaban J connectivity index is 1.81. The molecule has 4 rings (SSSR count). The van der Waals surface area contributed by atoms with E-state index in [9.17, 15) is 4.39 Å². The summed E-state index contributed by atoms with van der Waals surface area (Å²) >= 11 is 0. The van der Waals surface area contributed by atoms with Crippen molar-refractivity contribution < 1.29 is 4.39 Å². The summed E-state index contributed by atoms with van der Waals surface area (Å²) in [6.07, 6.45) is 5.31. The van der Waals surface area contributed by atoms with Crippen LogP contribution in [0.1, 0.15) is 12.8 Å². The van der Waals surface area contributed by atoms with Crippen molar-refractivity contribution in [1.29, 1.82) is 0 Å². The van der Waals surface area contributed by atoms with E-state index in [1.807, 2.05) is 18.2 Å². The van der Waals surface area contributed by atoms with E-state index in [-0.39, 0.29) is 11.9 Å². The van der Waals surface area contributed by atoms with Gasteiger partial charge >= 0.3 is 0 Å². The van der Waals surface area contributed by atoms with Crippen LogP contribution in [0.5, 0.6) is 0 Å². The first-order valence-electron chi connectivity index (χ1n) is 8.75. The molecule has 0 amide bonds. The normalized spacial score (nSPS) is 15.2. The quantitative estimate of drug-likeness (QED) is 0.786. The fraction of sp³-hybridized carbons (Fsp3) is 0.250. The predicted molar refractivity (Wildman–Crippen MR) is 100 cm³/mol. The largest absolute Gasteiger partial charge is 0.356 e. The highest BCUT2D eigenvalue weighted by molar-refractivity contribution is 5.67. The van der Waals surface area contributed by atoms with Crippen LogP contribution in [0.3, 0.4) is 0 Å². The van der Waals surface area contributed by atoms with E-state index >= 15 is 0 Å². The maximum absolute atomic E-state index is 14.3. The molecule has 0 aliphatic carbocycles. The number of piperidine rings is 1. The molecule has 26 heavy (non-hydrogen) atoms. The highest BCUT2D eigenvalue weighted by Crippen LogP contribution is 2.28. The van der Waals surface area contributed by atoms with Crippen molar-refractivity contribution in [2.75, 3.05) is 18.0 Å². The standard InChI is InChI=1S/C20H20FN5/c21-17-6-2-1-5-16(17)20-24-18(14-4-3-9-23-13-14)12-19(25-20)26-10-7-15(22)8-11-26/h1-6,9,12-13,15H,7-8,10-11,22H2. The number of pyridine rings is 1. The Hall–Kier alpha value is -2.86. The summed E-state index contributed by atoms with van der Waals surface area (Å²) in [5.41, 5.74) is 8.03. The number of anilines is 1. The molecule has 0 bridgehead atoms. The first kappa shape index (κ1) is 16.6. The molecule has 0 unspecified atom stereocenters. The lowest BCUT2D eigenvalue weighted by Crippen LogP contribution is -2.40. The van der Waals surface area contributed by atoms with Crippen molar-refractivity contribution >= 4 is 5.82 Å². The Kier molecular flexibility index (Phi) is 4.58. The number of hydrogen-bond acceptors (Lipinski definition) is 5. The summed E-state index contributed by atoms with van der Waals surface area (Å²) in [6, 6.07) is 12.6. The second kappa shape index (κ2) is 7.17. The van der Waals surface area contributed by atoms with E-state index in [0.717, 1.165) is 43.0 Å². The minimum Gasteiger partial charge on any atom is -0.356 e. The highest BCUT2D eigenvalue weighted by atomic mass is 19.1. The number of nitrogens with two attached hydrogens (primary N) is 1. The molecule has 1 aromatic carbocycles. The average molecular weight is 349 g/mol. The third kappa shape index (κ3) is 3.41. The van der Waals surface area contributed by atoms with E-state index < -0.39 is 0 Å². The molecule has 1 saturated heterocycles. The number of aromatic nitrogens is 3. The molecule has 2 N–H and O–H groups in total. The van der Waals surface area contributed by atoms with Crippen LogP contribution in [-0.4, -0.2) is 34.1 Å². The lowest BCUT2D eigenvalue weighted by Gasteiger charge is -2.31. The zero-order chi connectivity index (χ0) is 17.9. The van der Waals surface area contributed by atoms with Crippen LogP contribution in [-0.2, 0) is 0 Å². The number of rotatable bonds is 3. The monoisotopic (exact) mass is 349 g/mol. The molecule has 0 atom stereocenters. The number of benzene rings is 1. The SMILES string of the molecule is NC1CCN(c2cc(-c3cccnc3)nc(-c3ccccc3F)n2)CC1. The molecule has 3 heterocycles. The molecular formula is C20H20FN5. The van der Waals surface area contributed by atoms with Crippen LogP contribution in [0.2, 0.25) is 0 Å². The molecule has 6 heteroatoms. The van der Waals surface area contributed by atoms with Gasteiger partial charge in [-0.05, 0) is 37.1 Å². The lowest BCUT2D eigenvalue weighted by atomic mass is 10.1. The maximum Gasteiger partial charge on any atom is 0.165 e. The van der Waals surface area contributed by atoms with Gasteiger partial charge in [-0.3, -0.25) is 4.98 Å². The number of nitrogens with zero attached hydrogens (tertiary/aromatic N) is 4. The van der Waals surface area contributed by atoms with Gasteiger partial charge in [0.05, 0.1) is 11.3 Å². The van der Waals surface area contributed by atoms with Crippen LogP contribution < -0.4 is 10.6 Å². The molecular weight excluding hydrogens is 329 g/mol. The van der Waals surface area contributed by atoms with Crippen molar-refractivity contribution in [3.63, 3.8) is 0 Å². The summed E-state index contributed by atoms with van der Waals surface area (Å²) in [7, 11) is 0. The maximum atomic E-state index is 14.3. The van der Waals surface area contributed by atoms with Gasteiger partial charge in [-0.15, -0.1) is 0 Å². The zero-order valence-corrected chi connectivity index (χ0v) is 14.3. The Labute approximate surface area is 151 Å². The number of hydrogen-bond donors (Lipinski definition) is 1.